The molecule has 96 valence electrons. The van der Waals surface area contributed by atoms with E-state index in [4.69, 9.17) is 9.47 Å². The van der Waals surface area contributed by atoms with E-state index in [1.54, 1.807) is 26.0 Å². The van der Waals surface area contributed by atoms with Crippen LogP contribution in [0, 0.1) is 6.92 Å². The first-order valence-electron chi connectivity index (χ1n) is 5.48. The van der Waals surface area contributed by atoms with E-state index in [-0.39, 0.29) is 0 Å². The molecular formula is C14H16O4. The van der Waals surface area contributed by atoms with Crippen LogP contribution in [0.4, 0.5) is 0 Å². The lowest BCUT2D eigenvalue weighted by Gasteiger charge is -2.13. The van der Waals surface area contributed by atoms with E-state index in [0.29, 0.717) is 22.6 Å². The number of benzene rings is 1. The highest BCUT2D eigenvalue weighted by Gasteiger charge is 2.13. The summed E-state index contributed by atoms with van der Waals surface area (Å²) in [6.07, 6.45) is 0. The van der Waals surface area contributed by atoms with Gasteiger partial charge in [-0.2, -0.15) is 0 Å². The lowest BCUT2D eigenvalue weighted by Crippen LogP contribution is -2.07. The average molecular weight is 248 g/mol. The van der Waals surface area contributed by atoms with Crippen molar-refractivity contribution in [1.82, 2.24) is 0 Å². The van der Waals surface area contributed by atoms with Crippen LogP contribution >= 0.6 is 0 Å². The molecule has 18 heavy (non-hydrogen) atoms. The van der Waals surface area contributed by atoms with Crippen LogP contribution in [0.3, 0.4) is 0 Å². The Morgan fingerprint density at radius 2 is 1.50 bits per heavy atom. The summed E-state index contributed by atoms with van der Waals surface area (Å²) in [4.78, 5) is 22.0. The van der Waals surface area contributed by atoms with Crippen LogP contribution < -0.4 is 9.47 Å². The SMILES string of the molecule is C=C(C)c1cc(OC(C)=O)c(C)cc1OC(C)=O. The molecule has 0 radical (unpaired) electrons. The second-order valence-corrected chi connectivity index (χ2v) is 4.08. The fraction of sp³-hybridized carbons (Fsp3) is 0.286. The van der Waals surface area contributed by atoms with E-state index in [1.165, 1.54) is 13.8 Å². The van der Waals surface area contributed by atoms with Crippen LogP contribution in [-0.4, -0.2) is 11.9 Å². The smallest absolute Gasteiger partial charge is 0.308 e. The third kappa shape index (κ3) is 3.45. The van der Waals surface area contributed by atoms with Crippen LogP contribution in [0.25, 0.3) is 5.57 Å². The monoisotopic (exact) mass is 248 g/mol. The van der Waals surface area contributed by atoms with Crippen molar-refractivity contribution in [2.24, 2.45) is 0 Å². The molecule has 0 fully saturated rings. The maximum absolute atomic E-state index is 11.0. The second kappa shape index (κ2) is 5.49. The van der Waals surface area contributed by atoms with E-state index < -0.39 is 11.9 Å². The summed E-state index contributed by atoms with van der Waals surface area (Å²) in [6.45, 7) is 10.0. The van der Waals surface area contributed by atoms with Gasteiger partial charge in [0.15, 0.2) is 0 Å². The highest BCUT2D eigenvalue weighted by Crippen LogP contribution is 2.32. The normalized spacial score (nSPS) is 9.78. The fourth-order valence-electron chi connectivity index (χ4n) is 1.50. The molecule has 0 heterocycles. The number of carbonyl (C=O) groups is 2. The van der Waals surface area contributed by atoms with Crippen molar-refractivity contribution in [3.05, 3.63) is 29.8 Å². The first-order valence-corrected chi connectivity index (χ1v) is 5.48. The Bertz CT molecular complexity index is 515. The topological polar surface area (TPSA) is 52.6 Å². The number of aryl methyl sites for hydroxylation is 1. The predicted molar refractivity (Wildman–Crippen MR) is 68.5 cm³/mol. The molecule has 0 bridgehead atoms. The summed E-state index contributed by atoms with van der Waals surface area (Å²) < 4.78 is 10.2. The molecule has 0 N–H and O–H groups in total. The van der Waals surface area contributed by atoms with Crippen molar-refractivity contribution in [2.45, 2.75) is 27.7 Å². The molecule has 0 aliphatic heterocycles. The summed E-state index contributed by atoms with van der Waals surface area (Å²) >= 11 is 0. The number of hydrogen-bond donors (Lipinski definition) is 0. The zero-order chi connectivity index (χ0) is 13.9. The van der Waals surface area contributed by atoms with Crippen LogP contribution in [0.15, 0.2) is 18.7 Å². The van der Waals surface area contributed by atoms with Gasteiger partial charge in [0.2, 0.25) is 0 Å². The van der Waals surface area contributed by atoms with Crippen molar-refractivity contribution >= 4 is 17.5 Å². The minimum atomic E-state index is -0.405. The quantitative estimate of drug-likeness (QED) is 0.609. The molecule has 4 heteroatoms. The van der Waals surface area contributed by atoms with Crippen molar-refractivity contribution < 1.29 is 19.1 Å². The Morgan fingerprint density at radius 3 is 1.94 bits per heavy atom. The molecule has 0 saturated carbocycles. The van der Waals surface area contributed by atoms with Crippen molar-refractivity contribution in [3.63, 3.8) is 0 Å². The van der Waals surface area contributed by atoms with Gasteiger partial charge in [0.1, 0.15) is 11.5 Å². The minimum absolute atomic E-state index is 0.397. The van der Waals surface area contributed by atoms with E-state index in [1.807, 2.05) is 0 Å². The Labute approximate surface area is 106 Å². The molecule has 1 rings (SSSR count). The number of ether oxygens (including phenoxy) is 2. The molecule has 0 spiro atoms. The first kappa shape index (κ1) is 14.0. The zero-order valence-electron chi connectivity index (χ0n) is 11.0. The Hall–Kier alpha value is -2.10. The van der Waals surface area contributed by atoms with Gasteiger partial charge >= 0.3 is 11.9 Å². The van der Waals surface area contributed by atoms with Gasteiger partial charge in [0.25, 0.3) is 0 Å². The van der Waals surface area contributed by atoms with Gasteiger partial charge in [-0.05, 0) is 37.1 Å². The van der Waals surface area contributed by atoms with Gasteiger partial charge in [-0.15, -0.1) is 0 Å². The third-order valence-corrected chi connectivity index (χ3v) is 2.24. The Balaban J connectivity index is 3.29. The maximum Gasteiger partial charge on any atom is 0.308 e. The van der Waals surface area contributed by atoms with Crippen LogP contribution in [0.5, 0.6) is 11.5 Å². The van der Waals surface area contributed by atoms with Crippen LogP contribution in [0.2, 0.25) is 0 Å². The largest absolute Gasteiger partial charge is 0.426 e. The standard InChI is InChI=1S/C14H16O4/c1-8(2)12-7-13(17-10(4)15)9(3)6-14(12)18-11(5)16/h6-7H,1H2,2-5H3. The molecule has 0 aliphatic rings. The van der Waals surface area contributed by atoms with Crippen molar-refractivity contribution in [2.75, 3.05) is 0 Å². The van der Waals surface area contributed by atoms with E-state index in [0.717, 1.165) is 5.57 Å². The van der Waals surface area contributed by atoms with E-state index in [9.17, 15) is 9.59 Å². The Morgan fingerprint density at radius 1 is 1.00 bits per heavy atom. The minimum Gasteiger partial charge on any atom is -0.426 e. The summed E-state index contributed by atoms with van der Waals surface area (Å²) in [5.41, 5.74) is 2.08. The molecule has 1 aromatic rings. The highest BCUT2D eigenvalue weighted by molar-refractivity contribution is 5.77. The summed E-state index contributed by atoms with van der Waals surface area (Å²) in [5.74, 6) is 0.0583. The molecule has 0 aromatic heterocycles. The van der Waals surface area contributed by atoms with Crippen molar-refractivity contribution in [3.8, 4) is 11.5 Å². The van der Waals surface area contributed by atoms with E-state index >= 15 is 0 Å². The third-order valence-electron chi connectivity index (χ3n) is 2.24. The molecule has 1 aromatic carbocycles. The summed E-state index contributed by atoms with van der Waals surface area (Å²) in [6, 6.07) is 3.31. The van der Waals surface area contributed by atoms with Gasteiger partial charge < -0.3 is 9.47 Å². The first-order chi connectivity index (χ1) is 8.31. The van der Waals surface area contributed by atoms with Gasteiger partial charge in [-0.25, -0.2) is 0 Å². The molecule has 4 nitrogen and oxygen atoms in total. The lowest BCUT2D eigenvalue weighted by molar-refractivity contribution is -0.133. The van der Waals surface area contributed by atoms with Gasteiger partial charge in [-0.3, -0.25) is 9.59 Å². The molecule has 0 aliphatic carbocycles. The maximum atomic E-state index is 11.0. The number of hydrogen-bond acceptors (Lipinski definition) is 4. The molecular weight excluding hydrogens is 232 g/mol. The molecule has 0 unspecified atom stereocenters. The molecule has 0 atom stereocenters. The highest BCUT2D eigenvalue weighted by atomic mass is 16.5. The number of carbonyl (C=O) groups excluding carboxylic acids is 2. The molecule has 0 saturated heterocycles. The number of esters is 2. The fourth-order valence-corrected chi connectivity index (χ4v) is 1.50. The van der Waals surface area contributed by atoms with Gasteiger partial charge in [0.05, 0.1) is 0 Å². The second-order valence-electron chi connectivity index (χ2n) is 4.08. The average Bonchev–Trinajstić information content (AvgIpc) is 2.19. The Kier molecular flexibility index (Phi) is 4.26. The van der Waals surface area contributed by atoms with E-state index in [2.05, 4.69) is 6.58 Å². The van der Waals surface area contributed by atoms with Gasteiger partial charge in [-0.1, -0.05) is 6.58 Å². The van der Waals surface area contributed by atoms with Gasteiger partial charge in [0, 0.05) is 19.4 Å². The van der Waals surface area contributed by atoms with Crippen molar-refractivity contribution in [1.29, 1.82) is 0 Å². The lowest BCUT2D eigenvalue weighted by atomic mass is 10.0. The number of rotatable bonds is 3. The predicted octanol–water partition coefficient (Wildman–Crippen LogP) is 2.88. The summed E-state index contributed by atoms with van der Waals surface area (Å²) in [7, 11) is 0. The summed E-state index contributed by atoms with van der Waals surface area (Å²) in [5, 5.41) is 0. The van der Waals surface area contributed by atoms with Crippen LogP contribution in [0.1, 0.15) is 31.9 Å². The number of allylic oxidation sites excluding steroid dienone is 1. The molecule has 0 amide bonds. The zero-order valence-corrected chi connectivity index (χ0v) is 11.0. The van der Waals surface area contributed by atoms with Crippen LogP contribution in [-0.2, 0) is 9.59 Å².